The molecule has 0 aliphatic heterocycles. The van der Waals surface area contributed by atoms with Crippen molar-refractivity contribution < 1.29 is 28.5 Å². The van der Waals surface area contributed by atoms with Crippen LogP contribution in [0.4, 0.5) is 0 Å². The summed E-state index contributed by atoms with van der Waals surface area (Å²) in [6.07, 6.45) is 7.51. The van der Waals surface area contributed by atoms with E-state index in [-0.39, 0.29) is 24.0 Å². The van der Waals surface area contributed by atoms with Gasteiger partial charge in [0, 0.05) is 0 Å². The molecule has 0 saturated carbocycles. The lowest BCUT2D eigenvalue weighted by Crippen LogP contribution is -3.00. The maximum absolute atomic E-state index is 3.91. The largest absolute Gasteiger partial charge is 1.00 e. The summed E-state index contributed by atoms with van der Waals surface area (Å²) in [6.45, 7) is 4.28. The molecular formula is C7H11IN2. The molecule has 0 aliphatic rings. The number of hydrogen-bond donors (Lipinski definition) is 0. The Hall–Kier alpha value is -0.190. The van der Waals surface area contributed by atoms with Crippen LogP contribution in [-0.4, -0.2) is 4.98 Å². The fraction of sp³-hybridized carbons (Fsp3) is 0.429. The molecule has 0 aromatic carbocycles. The second-order valence-corrected chi connectivity index (χ2v) is 2.29. The fourth-order valence-electron chi connectivity index (χ4n) is 0.675. The molecule has 0 fully saturated rings. The van der Waals surface area contributed by atoms with Crippen molar-refractivity contribution in [3.05, 3.63) is 24.8 Å². The fourth-order valence-corrected chi connectivity index (χ4v) is 0.675. The highest BCUT2D eigenvalue weighted by Crippen LogP contribution is 1.86. The van der Waals surface area contributed by atoms with Gasteiger partial charge in [0.05, 0.1) is 12.4 Å². The van der Waals surface area contributed by atoms with E-state index in [1.165, 1.54) is 0 Å². The van der Waals surface area contributed by atoms with Crippen LogP contribution >= 0.6 is 0 Å². The van der Waals surface area contributed by atoms with Crippen LogP contribution in [0.5, 0.6) is 0 Å². The van der Waals surface area contributed by atoms with E-state index in [0.29, 0.717) is 6.04 Å². The zero-order valence-electron chi connectivity index (χ0n) is 6.16. The number of rotatable bonds is 1. The van der Waals surface area contributed by atoms with Gasteiger partial charge in [0.15, 0.2) is 18.4 Å². The zero-order chi connectivity index (χ0) is 6.69. The van der Waals surface area contributed by atoms with Gasteiger partial charge < -0.3 is 24.0 Å². The Kier molecular flexibility index (Phi) is 4.51. The molecule has 0 saturated heterocycles. The Balaban J connectivity index is 0.000000810. The quantitative estimate of drug-likeness (QED) is 0.414. The minimum Gasteiger partial charge on any atom is -1.00 e. The van der Waals surface area contributed by atoms with Crippen LogP contribution in [-0.2, 0) is 0 Å². The van der Waals surface area contributed by atoms with Crippen molar-refractivity contribution in [2.24, 2.45) is 0 Å². The van der Waals surface area contributed by atoms with Crippen molar-refractivity contribution in [1.82, 2.24) is 4.98 Å². The molecule has 0 bridgehead atoms. The second kappa shape index (κ2) is 4.60. The van der Waals surface area contributed by atoms with Gasteiger partial charge in [0.1, 0.15) is 0 Å². The molecule has 1 heterocycles. The summed E-state index contributed by atoms with van der Waals surface area (Å²) in [7, 11) is 0. The van der Waals surface area contributed by atoms with Crippen molar-refractivity contribution in [3.8, 4) is 0 Å². The lowest BCUT2D eigenvalue weighted by atomic mass is 10.4. The minimum atomic E-state index is 0. The first kappa shape index (κ1) is 9.81. The molecule has 0 unspecified atom stereocenters. The average Bonchev–Trinajstić information content (AvgIpc) is 1.90. The molecule has 0 aliphatic carbocycles. The molecule has 0 atom stereocenters. The normalized spacial score (nSPS) is 9.10. The predicted octanol–water partition coefficient (Wildman–Crippen LogP) is -2.05. The van der Waals surface area contributed by atoms with Crippen LogP contribution in [0, 0.1) is 0 Å². The van der Waals surface area contributed by atoms with Gasteiger partial charge in [0.25, 0.3) is 0 Å². The van der Waals surface area contributed by atoms with E-state index in [1.807, 2.05) is 12.4 Å². The SMILES string of the molecule is CC(C)[n+]1ccncc1.[I-]. The number of halogens is 1. The summed E-state index contributed by atoms with van der Waals surface area (Å²) in [4.78, 5) is 3.91. The smallest absolute Gasteiger partial charge is 0.187 e. The van der Waals surface area contributed by atoms with Gasteiger partial charge in [-0.3, -0.25) is 4.98 Å². The minimum absolute atomic E-state index is 0. The molecule has 1 rings (SSSR count). The van der Waals surface area contributed by atoms with Crippen LogP contribution in [0.15, 0.2) is 24.8 Å². The maximum Gasteiger partial charge on any atom is 0.187 e. The lowest BCUT2D eigenvalue weighted by molar-refractivity contribution is -0.716. The van der Waals surface area contributed by atoms with Crippen LogP contribution in [0.3, 0.4) is 0 Å². The van der Waals surface area contributed by atoms with Crippen molar-refractivity contribution in [1.29, 1.82) is 0 Å². The molecular weight excluding hydrogens is 239 g/mol. The van der Waals surface area contributed by atoms with Crippen molar-refractivity contribution in [2.45, 2.75) is 19.9 Å². The first-order chi connectivity index (χ1) is 4.30. The van der Waals surface area contributed by atoms with Gasteiger partial charge in [0.2, 0.25) is 0 Å². The standard InChI is InChI=1S/C7H11N2.HI/c1-7(2)9-5-3-8-4-6-9;/h3-7H,1-2H3;1H/q+1;/p-1. The third-order valence-corrected chi connectivity index (χ3v) is 1.25. The predicted molar refractivity (Wildman–Crippen MR) is 34.8 cm³/mol. The highest BCUT2D eigenvalue weighted by Gasteiger charge is 2.00. The Labute approximate surface area is 78.3 Å². The van der Waals surface area contributed by atoms with Gasteiger partial charge in [-0.25, -0.2) is 4.57 Å². The van der Waals surface area contributed by atoms with Gasteiger partial charge >= 0.3 is 0 Å². The van der Waals surface area contributed by atoms with Crippen molar-refractivity contribution >= 4 is 0 Å². The van der Waals surface area contributed by atoms with Crippen LogP contribution in [0.25, 0.3) is 0 Å². The van der Waals surface area contributed by atoms with Crippen molar-refractivity contribution in [3.63, 3.8) is 0 Å². The highest BCUT2D eigenvalue weighted by atomic mass is 127. The summed E-state index contributed by atoms with van der Waals surface area (Å²) in [6, 6.07) is 0.535. The van der Waals surface area contributed by atoms with E-state index in [9.17, 15) is 0 Å². The third kappa shape index (κ3) is 2.60. The number of nitrogens with zero attached hydrogens (tertiary/aromatic N) is 2. The first-order valence-corrected chi connectivity index (χ1v) is 3.11. The summed E-state index contributed by atoms with van der Waals surface area (Å²) in [5, 5.41) is 0. The van der Waals surface area contributed by atoms with Gasteiger partial charge in [-0.2, -0.15) is 0 Å². The summed E-state index contributed by atoms with van der Waals surface area (Å²) in [5.41, 5.74) is 0. The van der Waals surface area contributed by atoms with E-state index in [0.717, 1.165) is 0 Å². The van der Waals surface area contributed by atoms with Crippen LogP contribution in [0.1, 0.15) is 19.9 Å². The molecule has 0 N–H and O–H groups in total. The summed E-state index contributed by atoms with van der Waals surface area (Å²) in [5.74, 6) is 0. The van der Waals surface area contributed by atoms with Crippen LogP contribution < -0.4 is 28.5 Å². The molecule has 3 heteroatoms. The maximum atomic E-state index is 3.91. The molecule has 1 aromatic rings. The summed E-state index contributed by atoms with van der Waals surface area (Å²) < 4.78 is 2.10. The Morgan fingerprint density at radius 3 is 2.00 bits per heavy atom. The molecule has 1 aromatic heterocycles. The Morgan fingerprint density at radius 2 is 1.70 bits per heavy atom. The summed E-state index contributed by atoms with van der Waals surface area (Å²) >= 11 is 0. The average molecular weight is 250 g/mol. The van der Waals surface area contributed by atoms with Crippen LogP contribution in [0.2, 0.25) is 0 Å². The topological polar surface area (TPSA) is 16.8 Å². The first-order valence-electron chi connectivity index (χ1n) is 3.11. The van der Waals surface area contributed by atoms with Crippen molar-refractivity contribution in [2.75, 3.05) is 0 Å². The van der Waals surface area contributed by atoms with E-state index in [2.05, 4.69) is 23.4 Å². The molecule has 2 nitrogen and oxygen atoms in total. The molecule has 0 amide bonds. The highest BCUT2D eigenvalue weighted by molar-refractivity contribution is 4.63. The van der Waals surface area contributed by atoms with E-state index < -0.39 is 0 Å². The lowest BCUT2D eigenvalue weighted by Gasteiger charge is -1.95. The zero-order valence-corrected chi connectivity index (χ0v) is 8.32. The van der Waals surface area contributed by atoms with Gasteiger partial charge in [-0.1, -0.05) is 0 Å². The van der Waals surface area contributed by atoms with Gasteiger partial charge in [-0.05, 0) is 13.8 Å². The Bertz CT molecular complexity index is 174. The van der Waals surface area contributed by atoms with E-state index >= 15 is 0 Å². The Morgan fingerprint density at radius 1 is 1.20 bits per heavy atom. The van der Waals surface area contributed by atoms with E-state index in [1.54, 1.807) is 12.4 Å². The molecule has 10 heavy (non-hydrogen) atoms. The molecule has 0 spiro atoms. The second-order valence-electron chi connectivity index (χ2n) is 2.29. The molecule has 0 radical (unpaired) electrons. The van der Waals surface area contributed by atoms with E-state index in [4.69, 9.17) is 0 Å². The monoisotopic (exact) mass is 250 g/mol. The van der Waals surface area contributed by atoms with Gasteiger partial charge in [-0.15, -0.1) is 0 Å². The third-order valence-electron chi connectivity index (χ3n) is 1.25. The number of aromatic nitrogens is 2. The molecule has 56 valence electrons. The number of hydrogen-bond acceptors (Lipinski definition) is 1.